The molecule has 20 heavy (non-hydrogen) atoms. The standard InChI is InChI=1S/C15H19N3O2/c1-3-16-14-7-4-11-8-12(5-6-13(11)14)19-9-15-17-10(2)20-18-15/h5-6,8,14,16H,3-4,7,9H2,1-2H3. The lowest BCUT2D eigenvalue weighted by atomic mass is 10.1. The third-order valence-electron chi connectivity index (χ3n) is 3.58. The summed E-state index contributed by atoms with van der Waals surface area (Å²) in [6.45, 7) is 5.25. The molecule has 0 spiro atoms. The van der Waals surface area contributed by atoms with Gasteiger partial charge in [-0.25, -0.2) is 0 Å². The van der Waals surface area contributed by atoms with Crippen LogP contribution < -0.4 is 10.1 Å². The molecule has 1 aliphatic rings. The van der Waals surface area contributed by atoms with E-state index in [1.54, 1.807) is 6.92 Å². The average Bonchev–Trinajstić information content (AvgIpc) is 3.04. The number of ether oxygens (including phenoxy) is 1. The molecule has 1 unspecified atom stereocenters. The Labute approximate surface area is 118 Å². The van der Waals surface area contributed by atoms with Gasteiger partial charge in [0, 0.05) is 13.0 Å². The van der Waals surface area contributed by atoms with E-state index in [0.717, 1.165) is 25.1 Å². The Morgan fingerprint density at radius 2 is 2.35 bits per heavy atom. The molecule has 2 aromatic rings. The summed E-state index contributed by atoms with van der Waals surface area (Å²) in [5.74, 6) is 2.00. The maximum Gasteiger partial charge on any atom is 0.223 e. The smallest absolute Gasteiger partial charge is 0.223 e. The monoisotopic (exact) mass is 273 g/mol. The first-order valence-electron chi connectivity index (χ1n) is 7.04. The van der Waals surface area contributed by atoms with Gasteiger partial charge in [0.1, 0.15) is 5.75 Å². The van der Waals surface area contributed by atoms with Gasteiger partial charge in [-0.2, -0.15) is 4.98 Å². The molecule has 1 heterocycles. The molecular formula is C15H19N3O2. The Kier molecular flexibility index (Phi) is 3.69. The molecular weight excluding hydrogens is 254 g/mol. The quantitative estimate of drug-likeness (QED) is 0.907. The number of nitrogens with one attached hydrogen (secondary N) is 1. The molecule has 1 N–H and O–H groups in total. The molecule has 0 fully saturated rings. The molecule has 5 nitrogen and oxygen atoms in total. The van der Waals surface area contributed by atoms with Crippen molar-refractivity contribution in [2.45, 2.75) is 39.3 Å². The van der Waals surface area contributed by atoms with Crippen LogP contribution in [-0.2, 0) is 13.0 Å². The minimum atomic E-state index is 0.340. The number of rotatable bonds is 5. The van der Waals surface area contributed by atoms with Gasteiger partial charge in [-0.3, -0.25) is 0 Å². The normalized spacial score (nSPS) is 17.2. The van der Waals surface area contributed by atoms with E-state index in [1.807, 2.05) is 6.07 Å². The number of aromatic nitrogens is 2. The molecule has 3 rings (SSSR count). The van der Waals surface area contributed by atoms with Crippen molar-refractivity contribution in [1.82, 2.24) is 15.5 Å². The van der Waals surface area contributed by atoms with Gasteiger partial charge in [-0.1, -0.05) is 18.1 Å². The van der Waals surface area contributed by atoms with Gasteiger partial charge in [0.25, 0.3) is 0 Å². The van der Waals surface area contributed by atoms with Gasteiger partial charge in [0.2, 0.25) is 11.7 Å². The fourth-order valence-corrected chi connectivity index (χ4v) is 2.69. The number of aryl methyl sites for hydroxylation is 2. The summed E-state index contributed by atoms with van der Waals surface area (Å²) in [5.41, 5.74) is 2.77. The molecule has 0 radical (unpaired) electrons. The summed E-state index contributed by atoms with van der Waals surface area (Å²) in [5, 5.41) is 7.33. The topological polar surface area (TPSA) is 60.2 Å². The predicted molar refractivity (Wildman–Crippen MR) is 74.5 cm³/mol. The van der Waals surface area contributed by atoms with Crippen molar-refractivity contribution < 1.29 is 9.26 Å². The summed E-state index contributed by atoms with van der Waals surface area (Å²) in [4.78, 5) is 4.12. The van der Waals surface area contributed by atoms with Crippen LogP contribution in [0.2, 0.25) is 0 Å². The first-order valence-corrected chi connectivity index (χ1v) is 7.04. The minimum Gasteiger partial charge on any atom is -0.485 e. The molecule has 0 saturated carbocycles. The average molecular weight is 273 g/mol. The van der Waals surface area contributed by atoms with E-state index in [2.05, 4.69) is 34.5 Å². The zero-order chi connectivity index (χ0) is 13.9. The molecule has 0 amide bonds. The largest absolute Gasteiger partial charge is 0.485 e. The Hall–Kier alpha value is -1.88. The van der Waals surface area contributed by atoms with Crippen molar-refractivity contribution in [2.75, 3.05) is 6.54 Å². The SMILES string of the molecule is CCNC1CCc2cc(OCc3noc(C)n3)ccc21. The van der Waals surface area contributed by atoms with Crippen molar-refractivity contribution in [2.24, 2.45) is 0 Å². The fourth-order valence-electron chi connectivity index (χ4n) is 2.69. The second-order valence-electron chi connectivity index (χ2n) is 5.03. The second-order valence-corrected chi connectivity index (χ2v) is 5.03. The first kappa shape index (κ1) is 13.1. The Balaban J connectivity index is 1.67. The lowest BCUT2D eigenvalue weighted by Crippen LogP contribution is -2.18. The third kappa shape index (κ3) is 2.67. The number of hydrogen-bond donors (Lipinski definition) is 1. The second kappa shape index (κ2) is 5.63. The number of fused-ring (bicyclic) bond motifs is 1. The van der Waals surface area contributed by atoms with E-state index < -0.39 is 0 Å². The van der Waals surface area contributed by atoms with Crippen LogP contribution in [0.25, 0.3) is 0 Å². The van der Waals surface area contributed by atoms with Gasteiger partial charge in [-0.15, -0.1) is 0 Å². The third-order valence-corrected chi connectivity index (χ3v) is 3.58. The van der Waals surface area contributed by atoms with Crippen molar-refractivity contribution in [3.8, 4) is 5.75 Å². The van der Waals surface area contributed by atoms with Crippen LogP contribution in [0.4, 0.5) is 0 Å². The lowest BCUT2D eigenvalue weighted by Gasteiger charge is -2.12. The summed E-state index contributed by atoms with van der Waals surface area (Å²) in [6, 6.07) is 6.79. The van der Waals surface area contributed by atoms with E-state index in [9.17, 15) is 0 Å². The van der Waals surface area contributed by atoms with Crippen molar-refractivity contribution >= 4 is 0 Å². The number of nitrogens with zero attached hydrogens (tertiary/aromatic N) is 2. The van der Waals surface area contributed by atoms with E-state index >= 15 is 0 Å². The van der Waals surface area contributed by atoms with E-state index in [1.165, 1.54) is 11.1 Å². The fraction of sp³-hybridized carbons (Fsp3) is 0.467. The lowest BCUT2D eigenvalue weighted by molar-refractivity contribution is 0.285. The minimum absolute atomic E-state index is 0.340. The van der Waals surface area contributed by atoms with Gasteiger partial charge in [-0.05, 0) is 42.6 Å². The summed E-state index contributed by atoms with van der Waals surface area (Å²) < 4.78 is 10.6. The van der Waals surface area contributed by atoms with Gasteiger partial charge >= 0.3 is 0 Å². The molecule has 1 aliphatic carbocycles. The van der Waals surface area contributed by atoms with Crippen molar-refractivity contribution in [3.05, 3.63) is 41.0 Å². The molecule has 1 atom stereocenters. The summed E-state index contributed by atoms with van der Waals surface area (Å²) >= 11 is 0. The molecule has 1 aromatic carbocycles. The first-order chi connectivity index (χ1) is 9.76. The molecule has 106 valence electrons. The van der Waals surface area contributed by atoms with Crippen LogP contribution in [-0.4, -0.2) is 16.7 Å². The predicted octanol–water partition coefficient (Wildman–Crippen LogP) is 2.55. The Morgan fingerprint density at radius 1 is 1.45 bits per heavy atom. The maximum absolute atomic E-state index is 5.72. The highest BCUT2D eigenvalue weighted by Crippen LogP contribution is 2.33. The maximum atomic E-state index is 5.72. The summed E-state index contributed by atoms with van der Waals surface area (Å²) in [6.07, 6.45) is 2.27. The van der Waals surface area contributed by atoms with Crippen molar-refractivity contribution in [1.29, 1.82) is 0 Å². The van der Waals surface area contributed by atoms with Crippen molar-refractivity contribution in [3.63, 3.8) is 0 Å². The Bertz CT molecular complexity index is 595. The van der Waals surface area contributed by atoms with E-state index in [4.69, 9.17) is 9.26 Å². The molecule has 0 bridgehead atoms. The van der Waals surface area contributed by atoms with Crippen LogP contribution >= 0.6 is 0 Å². The highest BCUT2D eigenvalue weighted by Gasteiger charge is 2.21. The Morgan fingerprint density at radius 3 is 3.10 bits per heavy atom. The zero-order valence-corrected chi connectivity index (χ0v) is 11.8. The highest BCUT2D eigenvalue weighted by molar-refractivity contribution is 5.40. The van der Waals surface area contributed by atoms with Crippen LogP contribution in [0.3, 0.4) is 0 Å². The van der Waals surface area contributed by atoms with Gasteiger partial charge < -0.3 is 14.6 Å². The highest BCUT2D eigenvalue weighted by atomic mass is 16.5. The van der Waals surface area contributed by atoms with Crippen LogP contribution in [0, 0.1) is 6.92 Å². The van der Waals surface area contributed by atoms with E-state index in [-0.39, 0.29) is 0 Å². The van der Waals surface area contributed by atoms with Crippen LogP contribution in [0.15, 0.2) is 22.7 Å². The van der Waals surface area contributed by atoms with Gasteiger partial charge in [0.15, 0.2) is 6.61 Å². The van der Waals surface area contributed by atoms with Gasteiger partial charge in [0.05, 0.1) is 0 Å². The van der Waals surface area contributed by atoms with Crippen LogP contribution in [0.1, 0.15) is 42.2 Å². The number of hydrogen-bond acceptors (Lipinski definition) is 5. The van der Waals surface area contributed by atoms with E-state index in [0.29, 0.717) is 24.4 Å². The zero-order valence-electron chi connectivity index (χ0n) is 11.8. The van der Waals surface area contributed by atoms with Crippen LogP contribution in [0.5, 0.6) is 5.75 Å². The molecule has 1 aromatic heterocycles. The molecule has 0 aliphatic heterocycles. The number of benzene rings is 1. The summed E-state index contributed by atoms with van der Waals surface area (Å²) in [7, 11) is 0. The molecule has 5 heteroatoms. The molecule has 0 saturated heterocycles.